The van der Waals surface area contributed by atoms with Crippen molar-refractivity contribution in [2.24, 2.45) is 5.92 Å². The average molecular weight is 660 g/mol. The Labute approximate surface area is 257 Å². The highest BCUT2D eigenvalue weighted by Gasteiger charge is 2.54. The minimum atomic E-state index is -1.96. The highest BCUT2D eigenvalue weighted by atomic mass is 16.7. The Morgan fingerprint density at radius 1 is 0.600 bits per heavy atom. The largest absolute Gasteiger partial charge is 0.394 e. The van der Waals surface area contributed by atoms with Gasteiger partial charge in [-0.15, -0.1) is 0 Å². The van der Waals surface area contributed by atoms with Gasteiger partial charge in [-0.3, -0.25) is 0 Å². The summed E-state index contributed by atoms with van der Waals surface area (Å²) in [6.07, 6.45) is -25.2. The lowest BCUT2D eigenvalue weighted by Crippen LogP contribution is -2.69. The summed E-state index contributed by atoms with van der Waals surface area (Å²) in [6, 6.07) is -2.27. The fraction of sp³-hybridized carbons (Fsp3) is 0.923. The van der Waals surface area contributed by atoms with Crippen LogP contribution in [-0.4, -0.2) is 203 Å². The van der Waals surface area contributed by atoms with Gasteiger partial charge in [0, 0.05) is 5.92 Å². The molecular weight excluding hydrogens is 614 g/mol. The molecule has 3 fully saturated rings. The minimum Gasteiger partial charge on any atom is -0.394 e. The third-order valence-corrected chi connectivity index (χ3v) is 8.90. The van der Waals surface area contributed by atoms with Crippen LogP contribution in [0.1, 0.15) is 6.92 Å². The summed E-state index contributed by atoms with van der Waals surface area (Å²) in [7, 11) is 0. The highest BCUT2D eigenvalue weighted by Crippen LogP contribution is 2.33. The van der Waals surface area contributed by atoms with E-state index in [0.717, 1.165) is 0 Å². The first-order valence-electron chi connectivity index (χ1n) is 14.6. The van der Waals surface area contributed by atoms with E-state index >= 15 is 0 Å². The second-order valence-electron chi connectivity index (χ2n) is 11.7. The number of ether oxygens (including phenoxy) is 5. The molecule has 11 unspecified atom stereocenters. The standard InChI is InChI=1S/C26H45NO18/c1-7-8(3-28)2-9(15(33)14(7)32)27-13-10(4-29)42-25(20(38)16(13)34)45-23-12(6-31)43-26(21(39)18(23)36)44-22-11(5-30)41-24(40)19(37)17(22)35/h2,7,9-40H,3-6H2,1H3/t7?,9?,10?,11?,12-,13-,14+,15?,16?,17?,18-,19-,20-,21?,22?,23?,24?,25+,26+/m1/s1. The molecule has 0 spiro atoms. The Kier molecular flexibility index (Phi) is 12.7. The van der Waals surface area contributed by atoms with Gasteiger partial charge >= 0.3 is 0 Å². The Morgan fingerprint density at radius 2 is 1.09 bits per heavy atom. The molecule has 3 aliphatic heterocycles. The predicted molar refractivity (Wildman–Crippen MR) is 142 cm³/mol. The van der Waals surface area contributed by atoms with Crippen LogP contribution in [0.5, 0.6) is 0 Å². The highest BCUT2D eigenvalue weighted by molar-refractivity contribution is 5.20. The Balaban J connectivity index is 1.45. The van der Waals surface area contributed by atoms with Crippen molar-refractivity contribution in [3.05, 3.63) is 11.6 Å². The molecule has 19 atom stereocenters. The van der Waals surface area contributed by atoms with E-state index in [9.17, 15) is 66.4 Å². The molecule has 3 heterocycles. The van der Waals surface area contributed by atoms with Gasteiger partial charge in [-0.05, 0) is 5.57 Å². The van der Waals surface area contributed by atoms with Crippen LogP contribution in [0.4, 0.5) is 0 Å². The van der Waals surface area contributed by atoms with Crippen LogP contribution in [0.15, 0.2) is 11.6 Å². The Hall–Kier alpha value is -1.02. The van der Waals surface area contributed by atoms with Crippen molar-refractivity contribution in [3.63, 3.8) is 0 Å². The number of nitrogens with one attached hydrogen (secondary N) is 1. The molecule has 4 aliphatic rings. The molecule has 0 radical (unpaired) electrons. The second-order valence-corrected chi connectivity index (χ2v) is 11.7. The third kappa shape index (κ3) is 7.37. The monoisotopic (exact) mass is 659 g/mol. The van der Waals surface area contributed by atoms with E-state index < -0.39 is 143 Å². The minimum absolute atomic E-state index is 0.409. The number of aliphatic hydroxyl groups excluding tert-OH is 13. The fourth-order valence-electron chi connectivity index (χ4n) is 6.06. The molecule has 14 N–H and O–H groups in total. The van der Waals surface area contributed by atoms with E-state index in [1.807, 2.05) is 0 Å². The van der Waals surface area contributed by atoms with Crippen molar-refractivity contribution < 1.29 is 90.1 Å². The van der Waals surface area contributed by atoms with Crippen LogP contribution in [0.3, 0.4) is 0 Å². The molecule has 262 valence electrons. The van der Waals surface area contributed by atoms with Crippen LogP contribution in [-0.2, 0) is 23.7 Å². The van der Waals surface area contributed by atoms with Gasteiger partial charge in [0.15, 0.2) is 18.9 Å². The zero-order valence-electron chi connectivity index (χ0n) is 24.2. The first-order valence-corrected chi connectivity index (χ1v) is 14.6. The SMILES string of the molecule is CC1C(CO)=CC(N[C@@H]2C(CO)O[C@@H](OC3[C@H](O)C(O)[C@H](OC4C(CO)OC(O)[C@H](O)C4O)O[C@@H]3CO)[C@H](O)C2O)C(O)[C@H]1O. The molecule has 45 heavy (non-hydrogen) atoms. The van der Waals surface area contributed by atoms with Gasteiger partial charge in [-0.1, -0.05) is 13.0 Å². The summed E-state index contributed by atoms with van der Waals surface area (Å²) in [5, 5.41) is 136. The van der Waals surface area contributed by atoms with Gasteiger partial charge in [0.05, 0.1) is 50.7 Å². The molecule has 19 heteroatoms. The molecule has 19 nitrogen and oxygen atoms in total. The summed E-state index contributed by atoms with van der Waals surface area (Å²) < 4.78 is 27.3. The molecule has 1 aliphatic carbocycles. The first-order chi connectivity index (χ1) is 21.3. The van der Waals surface area contributed by atoms with Crippen molar-refractivity contribution >= 4 is 0 Å². The molecule has 4 rings (SSSR count). The van der Waals surface area contributed by atoms with Crippen LogP contribution in [0.25, 0.3) is 0 Å². The van der Waals surface area contributed by atoms with Gasteiger partial charge in [0.25, 0.3) is 0 Å². The van der Waals surface area contributed by atoms with Crippen molar-refractivity contribution in [2.75, 3.05) is 26.4 Å². The van der Waals surface area contributed by atoms with Crippen molar-refractivity contribution in [2.45, 2.75) is 117 Å². The van der Waals surface area contributed by atoms with Gasteiger partial charge < -0.3 is 95.4 Å². The number of rotatable bonds is 10. The van der Waals surface area contributed by atoms with Gasteiger partial charge in [-0.25, -0.2) is 0 Å². The van der Waals surface area contributed by atoms with Crippen LogP contribution in [0.2, 0.25) is 0 Å². The third-order valence-electron chi connectivity index (χ3n) is 8.90. The average Bonchev–Trinajstić information content (AvgIpc) is 3.03. The van der Waals surface area contributed by atoms with E-state index in [4.69, 9.17) is 23.7 Å². The van der Waals surface area contributed by atoms with Gasteiger partial charge in [0.2, 0.25) is 0 Å². The summed E-state index contributed by atoms with van der Waals surface area (Å²) in [5.74, 6) is -0.562. The molecule has 0 aromatic heterocycles. The van der Waals surface area contributed by atoms with E-state index in [0.29, 0.717) is 5.57 Å². The summed E-state index contributed by atoms with van der Waals surface area (Å²) in [6.45, 7) is -1.19. The second kappa shape index (κ2) is 15.5. The zero-order valence-corrected chi connectivity index (χ0v) is 24.2. The topological polar surface area (TPSA) is 321 Å². The van der Waals surface area contributed by atoms with Crippen molar-refractivity contribution in [1.29, 1.82) is 0 Å². The van der Waals surface area contributed by atoms with Crippen LogP contribution < -0.4 is 5.32 Å². The maximum atomic E-state index is 11.0. The number of hydrogen-bond donors (Lipinski definition) is 14. The van der Waals surface area contributed by atoms with Crippen LogP contribution in [0, 0.1) is 5.92 Å². The lowest BCUT2D eigenvalue weighted by atomic mass is 9.81. The maximum Gasteiger partial charge on any atom is 0.187 e. The smallest absolute Gasteiger partial charge is 0.187 e. The molecule has 0 bridgehead atoms. The number of hydrogen-bond acceptors (Lipinski definition) is 19. The molecule has 0 saturated carbocycles. The summed E-state index contributed by atoms with van der Waals surface area (Å²) in [5.41, 5.74) is 0.409. The molecule has 3 saturated heterocycles. The molecular formula is C26H45NO18. The zero-order chi connectivity index (χ0) is 33.3. The Bertz CT molecular complexity index is 972. The Morgan fingerprint density at radius 3 is 1.62 bits per heavy atom. The summed E-state index contributed by atoms with van der Waals surface area (Å²) in [4.78, 5) is 0. The summed E-state index contributed by atoms with van der Waals surface area (Å²) >= 11 is 0. The number of aliphatic hydroxyl groups is 13. The van der Waals surface area contributed by atoms with E-state index in [1.54, 1.807) is 6.92 Å². The lowest BCUT2D eigenvalue weighted by molar-refractivity contribution is -0.374. The first kappa shape index (κ1) is 36.8. The molecule has 0 amide bonds. The van der Waals surface area contributed by atoms with E-state index in [2.05, 4.69) is 5.32 Å². The van der Waals surface area contributed by atoms with E-state index in [1.165, 1.54) is 6.08 Å². The van der Waals surface area contributed by atoms with Crippen LogP contribution >= 0.6 is 0 Å². The van der Waals surface area contributed by atoms with Crippen molar-refractivity contribution in [1.82, 2.24) is 5.32 Å². The maximum absolute atomic E-state index is 11.0. The van der Waals surface area contributed by atoms with Gasteiger partial charge in [-0.2, -0.15) is 0 Å². The van der Waals surface area contributed by atoms with Gasteiger partial charge in [0.1, 0.15) is 67.1 Å². The van der Waals surface area contributed by atoms with E-state index in [-0.39, 0.29) is 0 Å². The normalized spacial score (nSPS) is 51.2. The fourth-order valence-corrected chi connectivity index (χ4v) is 6.06. The lowest BCUT2D eigenvalue weighted by Gasteiger charge is -2.49. The van der Waals surface area contributed by atoms with Crippen molar-refractivity contribution in [3.8, 4) is 0 Å². The predicted octanol–water partition coefficient (Wildman–Crippen LogP) is -8.32. The molecule has 0 aromatic rings. The molecule has 0 aromatic carbocycles. The quantitative estimate of drug-likeness (QED) is 0.0968.